The average molecular weight is 252 g/mol. The van der Waals surface area contributed by atoms with E-state index in [0.717, 1.165) is 0 Å². The molecule has 0 saturated carbocycles. The maximum absolute atomic E-state index is 10.2. The second-order valence-electron chi connectivity index (χ2n) is 0.765. The van der Waals surface area contributed by atoms with Crippen molar-refractivity contribution in [2.45, 2.75) is 0 Å². The predicted molar refractivity (Wildman–Crippen MR) is 40.1 cm³/mol. The molecule has 0 aliphatic carbocycles. The van der Waals surface area contributed by atoms with Crippen molar-refractivity contribution in [2.75, 3.05) is 0 Å². The van der Waals surface area contributed by atoms with Gasteiger partial charge < -0.3 is 0 Å². The minimum atomic E-state index is -3.65. The molecule has 9 heavy (non-hydrogen) atoms. The summed E-state index contributed by atoms with van der Waals surface area (Å²) < 4.78 is 18.0. The Balaban J connectivity index is 3.40. The number of hydrogen-bond acceptors (Lipinski definition) is 3. The maximum Gasteiger partial charge on any atom is 0.406 e. The summed E-state index contributed by atoms with van der Waals surface area (Å²) in [7, 11) is 0. The highest BCUT2D eigenvalue weighted by molar-refractivity contribution is 8.05. The second-order valence-corrected chi connectivity index (χ2v) is 7.85. The molecule has 9 heteroatoms. The summed E-state index contributed by atoms with van der Waals surface area (Å²) in [6, 6.07) is 0. The van der Waals surface area contributed by atoms with Crippen molar-refractivity contribution in [1.82, 2.24) is 0 Å². The normalized spacial score (nSPS) is 12.6. The minimum Gasteiger partial charge on any atom is -0.254 e. The highest BCUT2D eigenvalue weighted by Crippen LogP contribution is 2.62. The van der Waals surface area contributed by atoms with Crippen molar-refractivity contribution in [3.8, 4) is 0 Å². The summed E-state index contributed by atoms with van der Waals surface area (Å²) in [5.41, 5.74) is 0. The minimum absolute atomic E-state index is 1.78. The van der Waals surface area contributed by atoms with Gasteiger partial charge in [0.05, 0.1) is 0 Å². The largest absolute Gasteiger partial charge is 0.406 e. The quantitative estimate of drug-likeness (QED) is 0.428. The van der Waals surface area contributed by atoms with E-state index < -0.39 is 12.9 Å². The molecule has 0 aliphatic rings. The van der Waals surface area contributed by atoms with Gasteiger partial charge in [0.15, 0.2) is 0 Å². The summed E-state index contributed by atoms with van der Waals surface area (Å²) in [6.07, 6.45) is -3.65. The van der Waals surface area contributed by atoms with Crippen molar-refractivity contribution in [2.24, 2.45) is 0 Å². The molecule has 0 saturated heterocycles. The third kappa shape index (κ3) is 9.74. The molecule has 0 heterocycles. The van der Waals surface area contributed by atoms with Crippen LogP contribution in [0.4, 0.5) is 0 Å². The van der Waals surface area contributed by atoms with E-state index >= 15 is 0 Å². The lowest BCUT2D eigenvalue weighted by molar-refractivity contribution is -0.0732. The summed E-state index contributed by atoms with van der Waals surface area (Å²) in [4.78, 5) is 0. The van der Waals surface area contributed by atoms with Crippen LogP contribution in [0, 0.1) is 0 Å². The molecule has 0 aliphatic heterocycles. The van der Waals surface area contributed by atoms with Crippen LogP contribution in [0.3, 0.4) is 0 Å². The first-order valence-corrected chi connectivity index (χ1v) is 7.89. The Morgan fingerprint density at radius 3 is 1.89 bits per heavy atom. The lowest BCUT2D eigenvalue weighted by Gasteiger charge is -2.00. The Bertz CT molecular complexity index is 117. The molecule has 0 rings (SSSR count). The molecule has 0 unspecified atom stereocenters. The van der Waals surface area contributed by atoms with Gasteiger partial charge in [-0.1, -0.05) is 0 Å². The van der Waals surface area contributed by atoms with Crippen LogP contribution in [-0.2, 0) is 13.9 Å². The molecular formula is Cl4O3P2. The summed E-state index contributed by atoms with van der Waals surface area (Å²) in [6.45, 7) is -1.78. The zero-order chi connectivity index (χ0) is 7.49. The van der Waals surface area contributed by atoms with Gasteiger partial charge in [-0.3, -0.25) is 4.57 Å². The van der Waals surface area contributed by atoms with E-state index in [1.165, 1.54) is 0 Å². The van der Waals surface area contributed by atoms with Crippen molar-refractivity contribution < 1.29 is 13.9 Å². The predicted octanol–water partition coefficient (Wildman–Crippen LogP) is 4.22. The molecule has 0 spiro atoms. The van der Waals surface area contributed by atoms with Gasteiger partial charge in [0.2, 0.25) is 0 Å². The fraction of sp³-hybridized carbons (Fsp3) is 0. The number of rotatable bonds is 3. The molecule has 0 aromatic heterocycles. The summed E-state index contributed by atoms with van der Waals surface area (Å²) in [5, 5.41) is 0. The van der Waals surface area contributed by atoms with Crippen LogP contribution in [0.25, 0.3) is 0 Å². The Morgan fingerprint density at radius 1 is 1.33 bits per heavy atom. The SMILES string of the molecule is O=P(Cl)(Cl)OOP(Cl)Cl. The van der Waals surface area contributed by atoms with E-state index in [4.69, 9.17) is 45.0 Å². The van der Waals surface area contributed by atoms with Crippen LogP contribution in [0.5, 0.6) is 0 Å². The monoisotopic (exact) mass is 250 g/mol. The van der Waals surface area contributed by atoms with Gasteiger partial charge in [-0.25, -0.2) is 0 Å². The van der Waals surface area contributed by atoms with Crippen molar-refractivity contribution in [3.63, 3.8) is 0 Å². The van der Waals surface area contributed by atoms with Crippen LogP contribution < -0.4 is 0 Å². The zero-order valence-electron chi connectivity index (χ0n) is 3.63. The fourth-order valence-electron chi connectivity index (χ4n) is 0.0640. The molecule has 0 atom stereocenters. The molecule has 0 bridgehead atoms. The Labute approximate surface area is 71.9 Å². The van der Waals surface area contributed by atoms with E-state index in [-0.39, 0.29) is 0 Å². The molecule has 0 fully saturated rings. The third-order valence-corrected chi connectivity index (χ3v) is 1.41. The van der Waals surface area contributed by atoms with E-state index in [2.05, 4.69) is 9.35 Å². The van der Waals surface area contributed by atoms with Crippen LogP contribution in [0.15, 0.2) is 0 Å². The van der Waals surface area contributed by atoms with Gasteiger partial charge in [-0.2, -0.15) is 4.67 Å². The lowest BCUT2D eigenvalue weighted by atomic mass is 14.9. The summed E-state index contributed by atoms with van der Waals surface area (Å²) in [5.74, 6) is 0. The Morgan fingerprint density at radius 2 is 1.78 bits per heavy atom. The fourth-order valence-corrected chi connectivity index (χ4v) is 1.48. The first-order chi connectivity index (χ1) is 3.92. The smallest absolute Gasteiger partial charge is 0.254 e. The Kier molecular flexibility index (Phi) is 5.47. The van der Waals surface area contributed by atoms with Crippen molar-refractivity contribution in [3.05, 3.63) is 0 Å². The van der Waals surface area contributed by atoms with Crippen LogP contribution in [0.2, 0.25) is 0 Å². The average Bonchev–Trinajstić information content (AvgIpc) is 1.59. The molecule has 0 radical (unpaired) electrons. The first kappa shape index (κ1) is 10.7. The first-order valence-electron chi connectivity index (χ1n) is 1.39. The van der Waals surface area contributed by atoms with Gasteiger partial charge in [0.1, 0.15) is 0 Å². The number of hydrogen-bond donors (Lipinski definition) is 0. The van der Waals surface area contributed by atoms with Crippen molar-refractivity contribution in [1.29, 1.82) is 0 Å². The van der Waals surface area contributed by atoms with E-state index in [9.17, 15) is 4.57 Å². The lowest BCUT2D eigenvalue weighted by Crippen LogP contribution is -1.71. The maximum atomic E-state index is 10.2. The van der Waals surface area contributed by atoms with E-state index in [1.54, 1.807) is 0 Å². The molecule has 0 N–H and O–H groups in total. The van der Waals surface area contributed by atoms with E-state index in [1.807, 2.05) is 0 Å². The molecule has 0 aromatic rings. The molecule has 3 nitrogen and oxygen atoms in total. The van der Waals surface area contributed by atoms with Crippen LogP contribution in [0.1, 0.15) is 0 Å². The van der Waals surface area contributed by atoms with Gasteiger partial charge in [-0.05, 0) is 45.0 Å². The molecule has 56 valence electrons. The molecular weight excluding hydrogens is 252 g/mol. The highest BCUT2D eigenvalue weighted by Gasteiger charge is 2.17. The van der Waals surface area contributed by atoms with Gasteiger partial charge in [0, 0.05) is 0 Å². The topological polar surface area (TPSA) is 35.5 Å². The second kappa shape index (κ2) is 4.58. The van der Waals surface area contributed by atoms with Gasteiger partial charge >= 0.3 is 6.07 Å². The Hall–Kier alpha value is 1.74. The number of halogens is 4. The van der Waals surface area contributed by atoms with E-state index in [0.29, 0.717) is 0 Å². The zero-order valence-corrected chi connectivity index (χ0v) is 8.44. The van der Waals surface area contributed by atoms with Crippen LogP contribution >= 0.6 is 57.9 Å². The highest BCUT2D eigenvalue weighted by atomic mass is 35.9. The molecule has 0 aromatic carbocycles. The standard InChI is InChI=1S/Cl4O3P2/c1-8(2)6-7-9(3,4)5. The summed E-state index contributed by atoms with van der Waals surface area (Å²) >= 11 is 19.7. The van der Waals surface area contributed by atoms with Crippen molar-refractivity contribution >= 4 is 57.9 Å². The third-order valence-electron chi connectivity index (χ3n) is 0.176. The van der Waals surface area contributed by atoms with Gasteiger partial charge in [0.25, 0.3) is 6.85 Å². The van der Waals surface area contributed by atoms with Crippen LogP contribution in [-0.4, -0.2) is 0 Å². The van der Waals surface area contributed by atoms with Gasteiger partial charge in [-0.15, -0.1) is 4.67 Å². The molecule has 0 amide bonds.